The van der Waals surface area contributed by atoms with Crippen molar-refractivity contribution in [1.29, 1.82) is 0 Å². The zero-order valence-electron chi connectivity index (χ0n) is 11.1. The highest BCUT2D eigenvalue weighted by molar-refractivity contribution is 5.85. The minimum absolute atomic E-state index is 0.0619. The zero-order valence-corrected chi connectivity index (χ0v) is 11.1. The van der Waals surface area contributed by atoms with E-state index in [1.165, 1.54) is 19.3 Å². The molecule has 2 fully saturated rings. The second-order valence-electron chi connectivity index (χ2n) is 5.72. The van der Waals surface area contributed by atoms with Crippen molar-refractivity contribution < 1.29 is 14.7 Å². The summed E-state index contributed by atoms with van der Waals surface area (Å²) in [6.45, 7) is 0. The summed E-state index contributed by atoms with van der Waals surface area (Å²) in [5.74, 6) is -1.48. The Kier molecular flexibility index (Phi) is 4.25. The Hall–Kier alpha value is -1.06. The van der Waals surface area contributed by atoms with Gasteiger partial charge in [-0.25, -0.2) is 0 Å². The number of carboxylic acids is 1. The van der Waals surface area contributed by atoms with E-state index in [0.717, 1.165) is 25.7 Å². The number of hydrogen-bond acceptors (Lipinski definition) is 2. The average molecular weight is 253 g/mol. The fraction of sp³-hybridized carbons (Fsp3) is 0.857. The lowest BCUT2D eigenvalue weighted by Crippen LogP contribution is -2.43. The molecule has 4 heteroatoms. The smallest absolute Gasteiger partial charge is 0.307 e. The van der Waals surface area contributed by atoms with Crippen LogP contribution in [0.25, 0.3) is 0 Å². The lowest BCUT2D eigenvalue weighted by atomic mass is 9.91. The molecule has 0 heterocycles. The lowest BCUT2D eigenvalue weighted by Gasteiger charge is -2.33. The molecule has 1 amide bonds. The molecule has 1 N–H and O–H groups in total. The topological polar surface area (TPSA) is 57.6 Å². The van der Waals surface area contributed by atoms with Gasteiger partial charge >= 0.3 is 5.97 Å². The highest BCUT2D eigenvalue weighted by Crippen LogP contribution is 2.34. The number of aliphatic carboxylic acids is 1. The van der Waals surface area contributed by atoms with E-state index in [9.17, 15) is 9.59 Å². The number of nitrogens with zero attached hydrogens (tertiary/aromatic N) is 1. The molecular formula is C14H23NO3. The monoisotopic (exact) mass is 253 g/mol. The molecule has 18 heavy (non-hydrogen) atoms. The van der Waals surface area contributed by atoms with Crippen molar-refractivity contribution in [3.8, 4) is 0 Å². The zero-order chi connectivity index (χ0) is 13.1. The van der Waals surface area contributed by atoms with Crippen LogP contribution in [0.4, 0.5) is 0 Å². The van der Waals surface area contributed by atoms with E-state index in [2.05, 4.69) is 0 Å². The third-order valence-corrected chi connectivity index (χ3v) is 4.62. The molecule has 102 valence electrons. The van der Waals surface area contributed by atoms with Crippen LogP contribution in [0.1, 0.15) is 51.4 Å². The minimum Gasteiger partial charge on any atom is -0.481 e. The molecule has 2 saturated carbocycles. The van der Waals surface area contributed by atoms with Crippen LogP contribution < -0.4 is 0 Å². The third-order valence-electron chi connectivity index (χ3n) is 4.62. The molecule has 0 aromatic carbocycles. The Labute approximate surface area is 108 Å². The van der Waals surface area contributed by atoms with Gasteiger partial charge in [0, 0.05) is 13.1 Å². The van der Waals surface area contributed by atoms with Crippen LogP contribution in [-0.2, 0) is 9.59 Å². The number of amides is 1. The normalized spacial score (nSPS) is 29.2. The van der Waals surface area contributed by atoms with E-state index in [1.54, 1.807) is 0 Å². The third kappa shape index (κ3) is 2.68. The van der Waals surface area contributed by atoms with Crippen LogP contribution in [0.3, 0.4) is 0 Å². The molecule has 0 aliphatic heterocycles. The van der Waals surface area contributed by atoms with Crippen molar-refractivity contribution in [2.45, 2.75) is 57.4 Å². The molecule has 2 rings (SSSR count). The molecule has 0 unspecified atom stereocenters. The first-order valence-electron chi connectivity index (χ1n) is 7.10. The summed E-state index contributed by atoms with van der Waals surface area (Å²) in [5.41, 5.74) is 0. The standard InChI is InChI=1S/C14H23NO3/c1-15(10-6-3-2-4-7-10)13(16)11-8-5-9-12(11)14(17)18/h10-12H,2-9H2,1H3,(H,17,18)/t11-,12+/m1/s1. The van der Waals surface area contributed by atoms with Gasteiger partial charge in [0.1, 0.15) is 0 Å². The maximum Gasteiger partial charge on any atom is 0.307 e. The summed E-state index contributed by atoms with van der Waals surface area (Å²) in [7, 11) is 1.86. The van der Waals surface area contributed by atoms with E-state index < -0.39 is 11.9 Å². The van der Waals surface area contributed by atoms with Gasteiger partial charge < -0.3 is 10.0 Å². The SMILES string of the molecule is CN(C(=O)[C@@H]1CCC[C@@H]1C(=O)O)C1CCCCC1. The highest BCUT2D eigenvalue weighted by atomic mass is 16.4. The van der Waals surface area contributed by atoms with E-state index in [-0.39, 0.29) is 11.8 Å². The van der Waals surface area contributed by atoms with Gasteiger partial charge in [0.05, 0.1) is 11.8 Å². The van der Waals surface area contributed by atoms with E-state index in [0.29, 0.717) is 12.5 Å². The van der Waals surface area contributed by atoms with Crippen LogP contribution in [0.15, 0.2) is 0 Å². The van der Waals surface area contributed by atoms with Crippen molar-refractivity contribution in [2.24, 2.45) is 11.8 Å². The lowest BCUT2D eigenvalue weighted by molar-refractivity contribution is -0.149. The summed E-state index contributed by atoms with van der Waals surface area (Å²) >= 11 is 0. The maximum absolute atomic E-state index is 12.4. The molecule has 2 atom stereocenters. The van der Waals surface area contributed by atoms with Gasteiger partial charge in [-0.05, 0) is 25.7 Å². The predicted octanol–water partition coefficient (Wildman–Crippen LogP) is 2.28. The highest BCUT2D eigenvalue weighted by Gasteiger charge is 2.40. The van der Waals surface area contributed by atoms with Crippen molar-refractivity contribution in [2.75, 3.05) is 7.05 Å². The Balaban J connectivity index is 1.99. The van der Waals surface area contributed by atoms with Gasteiger partial charge in [-0.2, -0.15) is 0 Å². The summed E-state index contributed by atoms with van der Waals surface area (Å²) < 4.78 is 0. The number of hydrogen-bond donors (Lipinski definition) is 1. The Morgan fingerprint density at radius 2 is 1.56 bits per heavy atom. The fourth-order valence-electron chi connectivity index (χ4n) is 3.46. The Morgan fingerprint density at radius 3 is 2.17 bits per heavy atom. The summed E-state index contributed by atoms with van der Waals surface area (Å²) in [5, 5.41) is 9.15. The van der Waals surface area contributed by atoms with Crippen LogP contribution in [-0.4, -0.2) is 35.0 Å². The number of rotatable bonds is 3. The van der Waals surface area contributed by atoms with Crippen molar-refractivity contribution in [1.82, 2.24) is 4.90 Å². The Bertz CT molecular complexity index is 323. The summed E-state index contributed by atoms with van der Waals surface area (Å²) in [6.07, 6.45) is 8.06. The average Bonchev–Trinajstić information content (AvgIpc) is 2.87. The van der Waals surface area contributed by atoms with Crippen molar-refractivity contribution in [3.05, 3.63) is 0 Å². The number of carbonyl (C=O) groups is 2. The fourth-order valence-corrected chi connectivity index (χ4v) is 3.46. The van der Waals surface area contributed by atoms with E-state index in [4.69, 9.17) is 5.11 Å². The van der Waals surface area contributed by atoms with Gasteiger partial charge in [-0.3, -0.25) is 9.59 Å². The van der Waals surface area contributed by atoms with Crippen molar-refractivity contribution in [3.63, 3.8) is 0 Å². The number of carbonyl (C=O) groups excluding carboxylic acids is 1. The molecular weight excluding hydrogens is 230 g/mol. The van der Waals surface area contributed by atoms with Gasteiger partial charge in [-0.1, -0.05) is 25.7 Å². The molecule has 0 aromatic heterocycles. The molecule has 2 aliphatic carbocycles. The molecule has 4 nitrogen and oxygen atoms in total. The van der Waals surface area contributed by atoms with E-state index >= 15 is 0 Å². The summed E-state index contributed by atoms with van der Waals surface area (Å²) in [4.78, 5) is 25.4. The van der Waals surface area contributed by atoms with Gasteiger partial charge in [0.2, 0.25) is 5.91 Å². The van der Waals surface area contributed by atoms with Gasteiger partial charge in [0.25, 0.3) is 0 Å². The van der Waals surface area contributed by atoms with Gasteiger partial charge in [0.15, 0.2) is 0 Å². The second-order valence-corrected chi connectivity index (χ2v) is 5.72. The van der Waals surface area contributed by atoms with E-state index in [1.807, 2.05) is 11.9 Å². The molecule has 0 aromatic rings. The largest absolute Gasteiger partial charge is 0.481 e. The second kappa shape index (κ2) is 5.72. The first-order chi connectivity index (χ1) is 8.61. The van der Waals surface area contributed by atoms with Crippen LogP contribution in [0.2, 0.25) is 0 Å². The first kappa shape index (κ1) is 13.4. The molecule has 0 spiro atoms. The Morgan fingerprint density at radius 1 is 0.944 bits per heavy atom. The predicted molar refractivity (Wildman–Crippen MR) is 68.1 cm³/mol. The molecule has 0 bridgehead atoms. The number of carboxylic acid groups (broad SMARTS) is 1. The van der Waals surface area contributed by atoms with Gasteiger partial charge in [-0.15, -0.1) is 0 Å². The molecule has 0 saturated heterocycles. The van der Waals surface area contributed by atoms with Crippen LogP contribution >= 0.6 is 0 Å². The van der Waals surface area contributed by atoms with Crippen molar-refractivity contribution >= 4 is 11.9 Å². The summed E-state index contributed by atoms with van der Waals surface area (Å²) in [6, 6.07) is 0.335. The molecule has 2 aliphatic rings. The maximum atomic E-state index is 12.4. The first-order valence-corrected chi connectivity index (χ1v) is 7.10. The van der Waals surface area contributed by atoms with Crippen LogP contribution in [0, 0.1) is 11.8 Å². The molecule has 0 radical (unpaired) electrons. The quantitative estimate of drug-likeness (QED) is 0.839. The minimum atomic E-state index is -0.803. The van der Waals surface area contributed by atoms with Crippen LogP contribution in [0.5, 0.6) is 0 Å².